The molecular formula is C14H18N4O. The maximum atomic E-state index is 5.34. The molecule has 0 unspecified atom stereocenters. The molecule has 0 aliphatic carbocycles. The van der Waals surface area contributed by atoms with E-state index in [0.29, 0.717) is 11.9 Å². The maximum absolute atomic E-state index is 5.34. The molecule has 0 radical (unpaired) electrons. The number of hydrogen-bond donors (Lipinski definition) is 2. The predicted octanol–water partition coefficient (Wildman–Crippen LogP) is 1.80. The SMILES string of the molecule is COc1nc2ccccc2nc1N[C@H]1CCCNC1. The third-order valence-corrected chi connectivity index (χ3v) is 3.37. The van der Waals surface area contributed by atoms with E-state index in [0.717, 1.165) is 36.4 Å². The summed E-state index contributed by atoms with van der Waals surface area (Å²) in [7, 11) is 1.63. The number of methoxy groups -OCH3 is 1. The summed E-state index contributed by atoms with van der Waals surface area (Å²) in [6.07, 6.45) is 2.33. The Balaban J connectivity index is 1.91. The first kappa shape index (κ1) is 12.2. The lowest BCUT2D eigenvalue weighted by atomic mass is 10.1. The second-order valence-electron chi connectivity index (χ2n) is 4.76. The average molecular weight is 258 g/mol. The van der Waals surface area contributed by atoms with Gasteiger partial charge >= 0.3 is 0 Å². The van der Waals surface area contributed by atoms with Gasteiger partial charge in [-0.05, 0) is 31.5 Å². The van der Waals surface area contributed by atoms with Crippen LogP contribution in [0.25, 0.3) is 11.0 Å². The monoisotopic (exact) mass is 258 g/mol. The highest BCUT2D eigenvalue weighted by Crippen LogP contribution is 2.24. The van der Waals surface area contributed by atoms with Crippen LogP contribution in [0.1, 0.15) is 12.8 Å². The normalized spacial score (nSPS) is 19.3. The van der Waals surface area contributed by atoms with E-state index in [1.807, 2.05) is 24.3 Å². The molecular weight excluding hydrogens is 240 g/mol. The summed E-state index contributed by atoms with van der Waals surface area (Å²) in [6.45, 7) is 2.05. The van der Waals surface area contributed by atoms with Crippen molar-refractivity contribution in [1.29, 1.82) is 0 Å². The first-order valence-electron chi connectivity index (χ1n) is 6.65. The molecule has 0 spiro atoms. The smallest absolute Gasteiger partial charge is 0.257 e. The zero-order valence-corrected chi connectivity index (χ0v) is 11.0. The van der Waals surface area contributed by atoms with E-state index in [4.69, 9.17) is 4.74 Å². The molecule has 19 heavy (non-hydrogen) atoms. The number of para-hydroxylation sites is 2. The summed E-state index contributed by atoms with van der Waals surface area (Å²) in [5, 5.41) is 6.81. The summed E-state index contributed by atoms with van der Waals surface area (Å²) in [5.41, 5.74) is 1.74. The van der Waals surface area contributed by atoms with Gasteiger partial charge in [-0.2, -0.15) is 0 Å². The minimum atomic E-state index is 0.387. The number of nitrogens with zero attached hydrogens (tertiary/aromatic N) is 2. The van der Waals surface area contributed by atoms with Gasteiger partial charge in [-0.3, -0.25) is 0 Å². The molecule has 1 aliphatic heterocycles. The molecule has 1 atom stereocenters. The molecule has 1 fully saturated rings. The van der Waals surface area contributed by atoms with Crippen LogP contribution in [-0.4, -0.2) is 36.2 Å². The molecule has 1 aromatic carbocycles. The summed E-state index contributed by atoms with van der Waals surface area (Å²) < 4.78 is 5.34. The van der Waals surface area contributed by atoms with Crippen LogP contribution in [0.2, 0.25) is 0 Å². The van der Waals surface area contributed by atoms with Crippen molar-refractivity contribution in [2.45, 2.75) is 18.9 Å². The number of nitrogens with one attached hydrogen (secondary N) is 2. The Labute approximate surface area is 112 Å². The first-order chi connectivity index (χ1) is 9.36. The molecule has 0 amide bonds. The van der Waals surface area contributed by atoms with Crippen LogP contribution in [0.5, 0.6) is 5.88 Å². The standard InChI is InChI=1S/C14H18N4O/c1-19-14-13(16-10-5-4-8-15-9-10)17-11-6-2-3-7-12(11)18-14/h2-3,6-7,10,15H,4-5,8-9H2,1H3,(H,16,17)/t10-/m0/s1. The Kier molecular flexibility index (Phi) is 3.46. The Bertz CT molecular complexity index is 566. The Morgan fingerprint density at radius 1 is 1.26 bits per heavy atom. The van der Waals surface area contributed by atoms with E-state index in [-0.39, 0.29) is 0 Å². The highest BCUT2D eigenvalue weighted by Gasteiger charge is 2.16. The quantitative estimate of drug-likeness (QED) is 0.879. The van der Waals surface area contributed by atoms with Gasteiger partial charge in [0.05, 0.1) is 18.1 Å². The van der Waals surface area contributed by atoms with Gasteiger partial charge in [0.15, 0.2) is 5.82 Å². The zero-order chi connectivity index (χ0) is 13.1. The fraction of sp³-hybridized carbons (Fsp3) is 0.429. The highest BCUT2D eigenvalue weighted by molar-refractivity contribution is 5.77. The third-order valence-electron chi connectivity index (χ3n) is 3.37. The molecule has 2 N–H and O–H groups in total. The van der Waals surface area contributed by atoms with Gasteiger partial charge in [-0.15, -0.1) is 0 Å². The van der Waals surface area contributed by atoms with Crippen molar-refractivity contribution in [2.75, 3.05) is 25.5 Å². The largest absolute Gasteiger partial charge is 0.478 e. The number of ether oxygens (including phenoxy) is 1. The van der Waals surface area contributed by atoms with Crippen LogP contribution in [0.15, 0.2) is 24.3 Å². The third kappa shape index (κ3) is 2.61. The zero-order valence-electron chi connectivity index (χ0n) is 11.0. The second kappa shape index (κ2) is 5.40. The molecule has 5 heteroatoms. The average Bonchev–Trinajstić information content (AvgIpc) is 2.47. The van der Waals surface area contributed by atoms with Crippen molar-refractivity contribution in [3.8, 4) is 5.88 Å². The molecule has 0 bridgehead atoms. The summed E-state index contributed by atoms with van der Waals surface area (Å²) in [4.78, 5) is 9.11. The van der Waals surface area contributed by atoms with Crippen molar-refractivity contribution >= 4 is 16.9 Å². The topological polar surface area (TPSA) is 59.1 Å². The van der Waals surface area contributed by atoms with E-state index in [2.05, 4.69) is 20.6 Å². The lowest BCUT2D eigenvalue weighted by Gasteiger charge is -2.24. The Hall–Kier alpha value is -1.88. The van der Waals surface area contributed by atoms with Gasteiger partial charge in [-0.1, -0.05) is 12.1 Å². The lowest BCUT2D eigenvalue weighted by molar-refractivity contribution is 0.397. The Morgan fingerprint density at radius 3 is 2.74 bits per heavy atom. The lowest BCUT2D eigenvalue weighted by Crippen LogP contribution is -2.38. The molecule has 2 heterocycles. The summed E-state index contributed by atoms with van der Waals surface area (Å²) in [5.74, 6) is 1.29. The van der Waals surface area contributed by atoms with Crippen molar-refractivity contribution < 1.29 is 4.74 Å². The first-order valence-corrected chi connectivity index (χ1v) is 6.65. The predicted molar refractivity (Wildman–Crippen MR) is 75.6 cm³/mol. The number of piperidine rings is 1. The number of hydrogen-bond acceptors (Lipinski definition) is 5. The number of rotatable bonds is 3. The molecule has 1 aliphatic rings. The minimum absolute atomic E-state index is 0.387. The Morgan fingerprint density at radius 2 is 2.05 bits per heavy atom. The highest BCUT2D eigenvalue weighted by atomic mass is 16.5. The van der Waals surface area contributed by atoms with Crippen LogP contribution in [-0.2, 0) is 0 Å². The van der Waals surface area contributed by atoms with Crippen LogP contribution >= 0.6 is 0 Å². The number of aromatic nitrogens is 2. The molecule has 1 saturated heterocycles. The van der Waals surface area contributed by atoms with E-state index >= 15 is 0 Å². The summed E-state index contributed by atoms with van der Waals surface area (Å²) >= 11 is 0. The number of benzene rings is 1. The molecule has 1 aromatic heterocycles. The van der Waals surface area contributed by atoms with Gasteiger partial charge in [0, 0.05) is 12.6 Å². The van der Waals surface area contributed by atoms with E-state index in [1.54, 1.807) is 7.11 Å². The van der Waals surface area contributed by atoms with Crippen LogP contribution in [0.3, 0.4) is 0 Å². The fourth-order valence-corrected chi connectivity index (χ4v) is 2.39. The van der Waals surface area contributed by atoms with Gasteiger partial charge in [0.2, 0.25) is 0 Å². The van der Waals surface area contributed by atoms with Gasteiger partial charge < -0.3 is 15.4 Å². The van der Waals surface area contributed by atoms with Gasteiger partial charge in [0.1, 0.15) is 0 Å². The molecule has 0 saturated carbocycles. The van der Waals surface area contributed by atoms with Crippen molar-refractivity contribution in [3.05, 3.63) is 24.3 Å². The molecule has 5 nitrogen and oxygen atoms in total. The van der Waals surface area contributed by atoms with Crippen molar-refractivity contribution in [2.24, 2.45) is 0 Å². The van der Waals surface area contributed by atoms with Crippen molar-refractivity contribution in [3.63, 3.8) is 0 Å². The second-order valence-corrected chi connectivity index (χ2v) is 4.76. The van der Waals surface area contributed by atoms with Crippen molar-refractivity contribution in [1.82, 2.24) is 15.3 Å². The van der Waals surface area contributed by atoms with Crippen LogP contribution < -0.4 is 15.4 Å². The number of fused-ring (bicyclic) bond motifs is 1. The fourth-order valence-electron chi connectivity index (χ4n) is 2.39. The van der Waals surface area contributed by atoms with Crippen LogP contribution in [0, 0.1) is 0 Å². The van der Waals surface area contributed by atoms with Gasteiger partial charge in [0.25, 0.3) is 5.88 Å². The van der Waals surface area contributed by atoms with E-state index in [9.17, 15) is 0 Å². The number of anilines is 1. The molecule has 100 valence electrons. The maximum Gasteiger partial charge on any atom is 0.257 e. The van der Waals surface area contributed by atoms with Gasteiger partial charge in [-0.25, -0.2) is 9.97 Å². The molecule has 3 rings (SSSR count). The van der Waals surface area contributed by atoms with Crippen LogP contribution in [0.4, 0.5) is 5.82 Å². The molecule has 2 aromatic rings. The summed E-state index contributed by atoms with van der Waals surface area (Å²) in [6, 6.07) is 8.21. The van der Waals surface area contributed by atoms with E-state index in [1.165, 1.54) is 6.42 Å². The minimum Gasteiger partial charge on any atom is -0.478 e. The van der Waals surface area contributed by atoms with E-state index < -0.39 is 0 Å².